The van der Waals surface area contributed by atoms with E-state index < -0.39 is 0 Å². The average molecular weight is 548 g/mol. The highest BCUT2D eigenvalue weighted by atomic mass is 15.2. The summed E-state index contributed by atoms with van der Waals surface area (Å²) in [6, 6.07) is 9.16. The lowest BCUT2D eigenvalue weighted by atomic mass is 10.2. The van der Waals surface area contributed by atoms with Crippen LogP contribution in [0.3, 0.4) is 0 Å². The lowest BCUT2D eigenvalue weighted by Gasteiger charge is -2.32. The number of hydrogen-bond acceptors (Lipinski definition) is 8. The number of benzene rings is 1. The molecule has 3 heterocycles. The van der Waals surface area contributed by atoms with Crippen molar-refractivity contribution in [3.63, 3.8) is 0 Å². The Balaban J connectivity index is 1.25. The molecule has 1 aliphatic heterocycles. The fourth-order valence-corrected chi connectivity index (χ4v) is 5.63. The first kappa shape index (κ1) is 28.1. The predicted molar refractivity (Wildman–Crippen MR) is 163 cm³/mol. The zero-order valence-corrected chi connectivity index (χ0v) is 23.9. The molecule has 2 aromatic heterocycles. The summed E-state index contributed by atoms with van der Waals surface area (Å²) in [5.74, 6) is 1.55. The SMILES string of the molecule is CN1CCN(Cc2ccc(Nc3nc(NCCCCCCN=C(N)N)nc4c3ncn4C3CCCC3)cc2)CC1. The van der Waals surface area contributed by atoms with Gasteiger partial charge in [0, 0.05) is 57.5 Å². The van der Waals surface area contributed by atoms with Crippen molar-refractivity contribution < 1.29 is 0 Å². The number of nitrogens with two attached hydrogens (primary N) is 2. The maximum absolute atomic E-state index is 5.40. The van der Waals surface area contributed by atoms with E-state index in [1.54, 1.807) is 0 Å². The monoisotopic (exact) mass is 547 g/mol. The van der Waals surface area contributed by atoms with E-state index in [1.807, 2.05) is 6.33 Å². The van der Waals surface area contributed by atoms with E-state index in [9.17, 15) is 0 Å². The number of piperazine rings is 1. The van der Waals surface area contributed by atoms with Crippen LogP contribution in [0, 0.1) is 0 Å². The van der Waals surface area contributed by atoms with Gasteiger partial charge in [0.2, 0.25) is 5.95 Å². The lowest BCUT2D eigenvalue weighted by molar-refractivity contribution is 0.148. The molecule has 11 heteroatoms. The van der Waals surface area contributed by atoms with Crippen LogP contribution in [0.5, 0.6) is 0 Å². The standard InChI is InChI=1S/C29H45N11/c1-38-16-18-39(19-17-38)20-22-10-12-23(13-11-22)35-26-25-27(40(21-34-25)24-8-4-5-9-24)37-29(36-26)33-15-7-3-2-6-14-32-28(30)31/h10-13,21,24H,2-9,14-20H2,1H3,(H4,30,31,32)(H2,33,35,36,37). The van der Waals surface area contributed by atoms with Gasteiger partial charge in [-0.25, -0.2) is 4.98 Å². The van der Waals surface area contributed by atoms with Crippen molar-refractivity contribution in [3.05, 3.63) is 36.2 Å². The maximum atomic E-state index is 5.40. The number of unbranched alkanes of at least 4 members (excludes halogenated alkanes) is 3. The van der Waals surface area contributed by atoms with Gasteiger partial charge in [-0.3, -0.25) is 9.89 Å². The summed E-state index contributed by atoms with van der Waals surface area (Å²) in [7, 11) is 2.19. The van der Waals surface area contributed by atoms with Crippen LogP contribution in [-0.2, 0) is 6.54 Å². The van der Waals surface area contributed by atoms with Crippen LogP contribution in [-0.4, -0.2) is 81.6 Å². The summed E-state index contributed by atoms with van der Waals surface area (Å²) in [5.41, 5.74) is 14.8. The average Bonchev–Trinajstić information content (AvgIpc) is 3.63. The topological polar surface area (TPSA) is 139 Å². The molecule has 2 fully saturated rings. The van der Waals surface area contributed by atoms with Crippen molar-refractivity contribution in [1.29, 1.82) is 0 Å². The lowest BCUT2D eigenvalue weighted by Crippen LogP contribution is -2.43. The number of nitrogens with zero attached hydrogens (tertiary/aromatic N) is 7. The van der Waals surface area contributed by atoms with Crippen LogP contribution < -0.4 is 22.1 Å². The molecular weight excluding hydrogens is 502 g/mol. The number of imidazole rings is 1. The van der Waals surface area contributed by atoms with E-state index in [0.29, 0.717) is 18.5 Å². The molecular formula is C29H45N11. The van der Waals surface area contributed by atoms with Gasteiger partial charge in [-0.15, -0.1) is 0 Å². The predicted octanol–water partition coefficient (Wildman–Crippen LogP) is 3.68. The summed E-state index contributed by atoms with van der Waals surface area (Å²) >= 11 is 0. The summed E-state index contributed by atoms with van der Waals surface area (Å²) in [6.45, 7) is 6.98. The fourth-order valence-electron chi connectivity index (χ4n) is 5.63. The highest BCUT2D eigenvalue weighted by Crippen LogP contribution is 2.33. The minimum Gasteiger partial charge on any atom is -0.370 e. The molecule has 1 aliphatic carbocycles. The quantitative estimate of drug-likeness (QED) is 0.143. The van der Waals surface area contributed by atoms with E-state index in [4.69, 9.17) is 26.4 Å². The van der Waals surface area contributed by atoms with Gasteiger partial charge in [-0.2, -0.15) is 9.97 Å². The number of hydrogen-bond donors (Lipinski definition) is 4. The van der Waals surface area contributed by atoms with E-state index in [0.717, 1.165) is 87.6 Å². The summed E-state index contributed by atoms with van der Waals surface area (Å²) in [6.07, 6.45) is 11.0. The Morgan fingerprint density at radius 3 is 2.48 bits per heavy atom. The van der Waals surface area contributed by atoms with Crippen LogP contribution in [0.15, 0.2) is 35.6 Å². The van der Waals surface area contributed by atoms with Crippen LogP contribution in [0.4, 0.5) is 17.5 Å². The van der Waals surface area contributed by atoms with Gasteiger partial charge in [0.15, 0.2) is 22.9 Å². The molecule has 1 saturated carbocycles. The first-order valence-electron chi connectivity index (χ1n) is 14.9. The number of likely N-dealkylation sites (N-methyl/N-ethyl adjacent to an activating group) is 1. The van der Waals surface area contributed by atoms with Gasteiger partial charge >= 0.3 is 0 Å². The Labute approximate surface area is 237 Å². The molecule has 11 nitrogen and oxygen atoms in total. The molecule has 0 amide bonds. The molecule has 0 spiro atoms. The first-order chi connectivity index (χ1) is 19.5. The molecule has 3 aromatic rings. The number of aliphatic imine (C=N–C) groups is 1. The van der Waals surface area contributed by atoms with Crippen molar-refractivity contribution in [2.75, 3.05) is 56.9 Å². The second-order valence-electron chi connectivity index (χ2n) is 11.2. The van der Waals surface area contributed by atoms with E-state index in [2.05, 4.69) is 61.3 Å². The van der Waals surface area contributed by atoms with Crippen LogP contribution in [0.25, 0.3) is 11.2 Å². The Hall–Kier alpha value is -3.44. The van der Waals surface area contributed by atoms with Crippen molar-refractivity contribution >= 4 is 34.6 Å². The fraction of sp³-hybridized carbons (Fsp3) is 0.586. The second-order valence-corrected chi connectivity index (χ2v) is 11.2. The number of anilines is 3. The molecule has 6 N–H and O–H groups in total. The normalized spacial score (nSPS) is 16.9. The van der Waals surface area contributed by atoms with E-state index in [1.165, 1.54) is 31.2 Å². The second kappa shape index (κ2) is 13.8. The van der Waals surface area contributed by atoms with Gasteiger partial charge < -0.3 is 31.6 Å². The van der Waals surface area contributed by atoms with Crippen molar-refractivity contribution in [2.24, 2.45) is 16.5 Å². The number of aromatic nitrogens is 4. The van der Waals surface area contributed by atoms with Crippen LogP contribution in [0.2, 0.25) is 0 Å². The van der Waals surface area contributed by atoms with E-state index in [-0.39, 0.29) is 5.96 Å². The third-order valence-corrected chi connectivity index (χ3v) is 8.02. The summed E-state index contributed by atoms with van der Waals surface area (Å²) < 4.78 is 2.25. The molecule has 0 bridgehead atoms. The van der Waals surface area contributed by atoms with Crippen LogP contribution in [0.1, 0.15) is 63.0 Å². The molecule has 1 aromatic carbocycles. The Morgan fingerprint density at radius 2 is 1.73 bits per heavy atom. The van der Waals surface area contributed by atoms with Crippen molar-refractivity contribution in [3.8, 4) is 0 Å². The maximum Gasteiger partial charge on any atom is 0.226 e. The summed E-state index contributed by atoms with van der Waals surface area (Å²) in [4.78, 5) is 23.5. The van der Waals surface area contributed by atoms with Crippen molar-refractivity contribution in [2.45, 2.75) is 64.0 Å². The van der Waals surface area contributed by atoms with Gasteiger partial charge in [0.05, 0.1) is 6.33 Å². The highest BCUT2D eigenvalue weighted by Gasteiger charge is 2.22. The molecule has 1 saturated heterocycles. The summed E-state index contributed by atoms with van der Waals surface area (Å²) in [5, 5.41) is 7.00. The minimum atomic E-state index is 0.164. The molecule has 40 heavy (non-hydrogen) atoms. The molecule has 0 atom stereocenters. The van der Waals surface area contributed by atoms with Gasteiger partial charge in [-0.1, -0.05) is 37.8 Å². The van der Waals surface area contributed by atoms with Gasteiger partial charge in [0.25, 0.3) is 0 Å². The Bertz CT molecular complexity index is 1230. The van der Waals surface area contributed by atoms with Crippen LogP contribution >= 0.6 is 0 Å². The largest absolute Gasteiger partial charge is 0.370 e. The smallest absolute Gasteiger partial charge is 0.226 e. The molecule has 216 valence electrons. The van der Waals surface area contributed by atoms with Gasteiger partial charge in [-0.05, 0) is 50.4 Å². The highest BCUT2D eigenvalue weighted by molar-refractivity contribution is 5.86. The molecule has 0 radical (unpaired) electrons. The van der Waals surface area contributed by atoms with Crippen molar-refractivity contribution in [1.82, 2.24) is 29.3 Å². The zero-order chi connectivity index (χ0) is 27.7. The Kier molecular flexibility index (Phi) is 9.67. The molecule has 0 unspecified atom stereocenters. The first-order valence-corrected chi connectivity index (χ1v) is 14.9. The Morgan fingerprint density at radius 1 is 0.975 bits per heavy atom. The number of rotatable bonds is 13. The number of guanidine groups is 1. The third-order valence-electron chi connectivity index (χ3n) is 8.02. The number of nitrogens with one attached hydrogen (secondary N) is 2. The third kappa shape index (κ3) is 7.60. The van der Waals surface area contributed by atoms with E-state index >= 15 is 0 Å². The number of fused-ring (bicyclic) bond motifs is 1. The zero-order valence-electron chi connectivity index (χ0n) is 23.9. The molecule has 5 rings (SSSR count). The molecule has 2 aliphatic rings. The minimum absolute atomic E-state index is 0.164. The van der Waals surface area contributed by atoms with Gasteiger partial charge in [0.1, 0.15) is 0 Å².